The fourth-order valence-corrected chi connectivity index (χ4v) is 1.98. The molecule has 15 heavy (non-hydrogen) atoms. The fraction of sp³-hybridized carbons (Fsp3) is 0.250. The van der Waals surface area contributed by atoms with Crippen molar-refractivity contribution in [2.45, 2.75) is 20.4 Å². The van der Waals surface area contributed by atoms with E-state index in [-0.39, 0.29) is 0 Å². The van der Waals surface area contributed by atoms with Crippen molar-refractivity contribution in [2.24, 2.45) is 0 Å². The first kappa shape index (κ1) is 10.4. The van der Waals surface area contributed by atoms with Gasteiger partial charge in [0.15, 0.2) is 0 Å². The van der Waals surface area contributed by atoms with Crippen molar-refractivity contribution in [1.82, 2.24) is 9.55 Å². The molecule has 3 heteroatoms. The van der Waals surface area contributed by atoms with Crippen molar-refractivity contribution in [3.8, 4) is 0 Å². The number of imidazole rings is 1. The summed E-state index contributed by atoms with van der Waals surface area (Å²) >= 11 is 3.47. The highest BCUT2D eigenvalue weighted by Gasteiger charge is 2.02. The zero-order valence-corrected chi connectivity index (χ0v) is 10.5. The maximum Gasteiger partial charge on any atom is 0.0954 e. The van der Waals surface area contributed by atoms with Crippen molar-refractivity contribution in [3.05, 3.63) is 52.0 Å². The normalized spacial score (nSPS) is 10.6. The lowest BCUT2D eigenvalue weighted by Gasteiger charge is -2.05. The van der Waals surface area contributed by atoms with Crippen LogP contribution in [-0.4, -0.2) is 9.55 Å². The van der Waals surface area contributed by atoms with Crippen LogP contribution >= 0.6 is 15.9 Å². The van der Waals surface area contributed by atoms with Gasteiger partial charge >= 0.3 is 0 Å². The SMILES string of the molecule is Cc1ncn(Cc2cccc(Br)c2)c1C. The Morgan fingerprint density at radius 3 is 2.73 bits per heavy atom. The molecule has 1 heterocycles. The molecule has 2 nitrogen and oxygen atoms in total. The number of hydrogen-bond acceptors (Lipinski definition) is 1. The molecule has 0 saturated heterocycles. The lowest BCUT2D eigenvalue weighted by molar-refractivity contribution is 0.768. The standard InChI is InChI=1S/C12H13BrN2/c1-9-10(2)15(8-14-9)7-11-4-3-5-12(13)6-11/h3-6,8H,7H2,1-2H3. The number of nitrogens with zero attached hydrogens (tertiary/aromatic N) is 2. The number of benzene rings is 1. The van der Waals surface area contributed by atoms with Gasteiger partial charge in [-0.3, -0.25) is 0 Å². The number of halogens is 1. The molecule has 0 saturated carbocycles. The van der Waals surface area contributed by atoms with Gasteiger partial charge in [-0.1, -0.05) is 28.1 Å². The summed E-state index contributed by atoms with van der Waals surface area (Å²) in [4.78, 5) is 4.29. The fourth-order valence-electron chi connectivity index (χ4n) is 1.54. The van der Waals surface area contributed by atoms with Crippen LogP contribution in [0.25, 0.3) is 0 Å². The average Bonchev–Trinajstić information content (AvgIpc) is 2.50. The summed E-state index contributed by atoms with van der Waals surface area (Å²) in [5, 5.41) is 0. The molecule has 0 spiro atoms. The average molecular weight is 265 g/mol. The summed E-state index contributed by atoms with van der Waals surface area (Å²) in [6, 6.07) is 8.35. The highest BCUT2D eigenvalue weighted by atomic mass is 79.9. The van der Waals surface area contributed by atoms with Crippen LogP contribution in [0.2, 0.25) is 0 Å². The van der Waals surface area contributed by atoms with E-state index in [1.165, 1.54) is 11.3 Å². The molecule has 2 rings (SSSR count). The second-order valence-electron chi connectivity index (χ2n) is 3.67. The first-order chi connectivity index (χ1) is 7.16. The van der Waals surface area contributed by atoms with Crippen molar-refractivity contribution >= 4 is 15.9 Å². The Morgan fingerprint density at radius 2 is 2.13 bits per heavy atom. The number of aromatic nitrogens is 2. The van der Waals surface area contributed by atoms with Crippen molar-refractivity contribution < 1.29 is 0 Å². The van der Waals surface area contributed by atoms with Gasteiger partial charge in [-0.15, -0.1) is 0 Å². The third kappa shape index (κ3) is 2.29. The van der Waals surface area contributed by atoms with Crippen molar-refractivity contribution in [1.29, 1.82) is 0 Å². The van der Waals surface area contributed by atoms with Gasteiger partial charge in [0.1, 0.15) is 0 Å². The second-order valence-corrected chi connectivity index (χ2v) is 4.59. The van der Waals surface area contributed by atoms with E-state index < -0.39 is 0 Å². The van der Waals surface area contributed by atoms with Gasteiger partial charge in [0.25, 0.3) is 0 Å². The largest absolute Gasteiger partial charge is 0.330 e. The minimum atomic E-state index is 0.881. The monoisotopic (exact) mass is 264 g/mol. The smallest absolute Gasteiger partial charge is 0.0954 e. The van der Waals surface area contributed by atoms with Gasteiger partial charge in [0, 0.05) is 16.7 Å². The van der Waals surface area contributed by atoms with Gasteiger partial charge in [-0.2, -0.15) is 0 Å². The molecular weight excluding hydrogens is 252 g/mol. The first-order valence-electron chi connectivity index (χ1n) is 4.89. The van der Waals surface area contributed by atoms with E-state index in [1.54, 1.807) is 0 Å². The molecule has 0 aliphatic carbocycles. The summed E-state index contributed by atoms with van der Waals surface area (Å²) in [7, 11) is 0. The van der Waals surface area contributed by atoms with Crippen molar-refractivity contribution in [3.63, 3.8) is 0 Å². The van der Waals surface area contributed by atoms with E-state index in [9.17, 15) is 0 Å². The highest BCUT2D eigenvalue weighted by molar-refractivity contribution is 9.10. The Morgan fingerprint density at radius 1 is 1.33 bits per heavy atom. The van der Waals surface area contributed by atoms with E-state index >= 15 is 0 Å². The Kier molecular flexibility index (Phi) is 2.91. The van der Waals surface area contributed by atoms with E-state index in [1.807, 2.05) is 19.3 Å². The number of hydrogen-bond donors (Lipinski definition) is 0. The summed E-state index contributed by atoms with van der Waals surface area (Å²) in [5.74, 6) is 0. The second kappa shape index (κ2) is 4.19. The number of aryl methyl sites for hydroxylation is 1. The molecule has 2 aromatic rings. The molecule has 0 amide bonds. The predicted octanol–water partition coefficient (Wildman–Crippen LogP) is 3.31. The van der Waals surface area contributed by atoms with Crippen LogP contribution < -0.4 is 0 Å². The van der Waals surface area contributed by atoms with Gasteiger partial charge in [0.05, 0.1) is 12.0 Å². The maximum absolute atomic E-state index is 4.29. The third-order valence-corrected chi connectivity index (χ3v) is 3.08. The van der Waals surface area contributed by atoms with E-state index in [4.69, 9.17) is 0 Å². The van der Waals surface area contributed by atoms with E-state index in [2.05, 4.69) is 50.6 Å². The molecule has 78 valence electrons. The van der Waals surface area contributed by atoms with Crippen molar-refractivity contribution in [2.75, 3.05) is 0 Å². The Hall–Kier alpha value is -1.09. The summed E-state index contributed by atoms with van der Waals surface area (Å²) in [6.45, 7) is 5.01. The summed E-state index contributed by atoms with van der Waals surface area (Å²) in [6.07, 6.45) is 1.89. The van der Waals surface area contributed by atoms with Crippen LogP contribution in [0.1, 0.15) is 17.0 Å². The molecule has 0 aliphatic heterocycles. The van der Waals surface area contributed by atoms with E-state index in [0.717, 1.165) is 16.7 Å². The van der Waals surface area contributed by atoms with Crippen LogP contribution in [0, 0.1) is 13.8 Å². The van der Waals surface area contributed by atoms with Crippen LogP contribution in [0.3, 0.4) is 0 Å². The predicted molar refractivity (Wildman–Crippen MR) is 64.9 cm³/mol. The molecule has 0 unspecified atom stereocenters. The Balaban J connectivity index is 2.26. The molecule has 0 atom stereocenters. The topological polar surface area (TPSA) is 17.8 Å². The Labute approximate surface area is 98.1 Å². The molecule has 0 radical (unpaired) electrons. The maximum atomic E-state index is 4.29. The molecular formula is C12H13BrN2. The first-order valence-corrected chi connectivity index (χ1v) is 5.69. The van der Waals surface area contributed by atoms with Crippen LogP contribution in [0.4, 0.5) is 0 Å². The Bertz CT molecular complexity index is 474. The minimum absolute atomic E-state index is 0.881. The van der Waals surface area contributed by atoms with Gasteiger partial charge in [0.2, 0.25) is 0 Å². The third-order valence-electron chi connectivity index (χ3n) is 2.59. The molecule has 0 N–H and O–H groups in total. The zero-order chi connectivity index (χ0) is 10.8. The molecule has 1 aromatic heterocycles. The summed E-state index contributed by atoms with van der Waals surface area (Å²) in [5.41, 5.74) is 3.62. The summed E-state index contributed by atoms with van der Waals surface area (Å²) < 4.78 is 3.28. The van der Waals surface area contributed by atoms with Gasteiger partial charge < -0.3 is 4.57 Å². The molecule has 0 fully saturated rings. The zero-order valence-electron chi connectivity index (χ0n) is 8.87. The minimum Gasteiger partial charge on any atom is -0.330 e. The van der Waals surface area contributed by atoms with E-state index in [0.29, 0.717) is 0 Å². The van der Waals surface area contributed by atoms with Gasteiger partial charge in [-0.05, 0) is 31.5 Å². The lowest BCUT2D eigenvalue weighted by atomic mass is 10.2. The molecule has 0 bridgehead atoms. The molecule has 1 aromatic carbocycles. The lowest BCUT2D eigenvalue weighted by Crippen LogP contribution is -2.00. The quantitative estimate of drug-likeness (QED) is 0.814. The van der Waals surface area contributed by atoms with Crippen LogP contribution in [-0.2, 0) is 6.54 Å². The number of rotatable bonds is 2. The van der Waals surface area contributed by atoms with Crippen LogP contribution in [0.15, 0.2) is 35.1 Å². The molecule has 0 aliphatic rings. The van der Waals surface area contributed by atoms with Crippen LogP contribution in [0.5, 0.6) is 0 Å². The highest BCUT2D eigenvalue weighted by Crippen LogP contribution is 2.14. The van der Waals surface area contributed by atoms with Gasteiger partial charge in [-0.25, -0.2) is 4.98 Å².